The molecule has 0 aliphatic carbocycles. The zero-order valence-corrected chi connectivity index (χ0v) is 12.6. The van der Waals surface area contributed by atoms with Gasteiger partial charge < -0.3 is 11.1 Å². The molecule has 0 bridgehead atoms. The van der Waals surface area contributed by atoms with Gasteiger partial charge in [-0.3, -0.25) is 0 Å². The van der Waals surface area contributed by atoms with Gasteiger partial charge in [0.2, 0.25) is 5.95 Å². The number of hydrogen-bond acceptors (Lipinski definition) is 7. The first kappa shape index (κ1) is 14.0. The molecule has 3 N–H and O–H groups in total. The summed E-state index contributed by atoms with van der Waals surface area (Å²) in [6.07, 6.45) is 1.23. The number of nitrogens with two attached hydrogens (primary N) is 1. The van der Waals surface area contributed by atoms with Crippen molar-refractivity contribution in [2.45, 2.75) is 18.6 Å². The fourth-order valence-corrected chi connectivity index (χ4v) is 2.54. The molecule has 104 valence electrons. The predicted octanol–water partition coefficient (Wildman–Crippen LogP) is 1.51. The van der Waals surface area contributed by atoms with Crippen molar-refractivity contribution in [3.05, 3.63) is 11.4 Å². The molecule has 19 heavy (non-hydrogen) atoms. The first-order chi connectivity index (χ1) is 8.71. The van der Waals surface area contributed by atoms with Crippen LogP contribution in [0.3, 0.4) is 0 Å². The Kier molecular flexibility index (Phi) is 3.40. The van der Waals surface area contributed by atoms with Gasteiger partial charge in [0.05, 0.1) is 10.1 Å². The van der Waals surface area contributed by atoms with Crippen molar-refractivity contribution in [2.24, 2.45) is 0 Å². The van der Waals surface area contributed by atoms with Crippen LogP contribution in [0.2, 0.25) is 0 Å². The van der Waals surface area contributed by atoms with Crippen LogP contribution in [0, 0.1) is 0 Å². The minimum atomic E-state index is -3.16. The summed E-state index contributed by atoms with van der Waals surface area (Å²) < 4.78 is 22.4. The first-order valence-corrected chi connectivity index (χ1v) is 8.42. The van der Waals surface area contributed by atoms with Gasteiger partial charge in [0.15, 0.2) is 9.84 Å². The second-order valence-electron chi connectivity index (χ2n) is 4.96. The third-order valence-corrected chi connectivity index (χ3v) is 5.99. The molecule has 0 fully saturated rings. The molecule has 0 unspecified atom stereocenters. The van der Waals surface area contributed by atoms with Crippen LogP contribution in [0.15, 0.2) is 11.4 Å². The molecule has 0 amide bonds. The van der Waals surface area contributed by atoms with Crippen molar-refractivity contribution in [2.75, 3.05) is 23.9 Å². The maximum absolute atomic E-state index is 11.7. The van der Waals surface area contributed by atoms with E-state index in [1.54, 1.807) is 13.8 Å². The van der Waals surface area contributed by atoms with Crippen LogP contribution in [-0.4, -0.2) is 35.9 Å². The number of fused-ring (bicyclic) bond motifs is 1. The van der Waals surface area contributed by atoms with E-state index in [-0.39, 0.29) is 12.5 Å². The lowest BCUT2D eigenvalue weighted by Crippen LogP contribution is -2.38. The summed E-state index contributed by atoms with van der Waals surface area (Å²) in [6, 6.07) is 1.88. The molecule has 2 heterocycles. The third kappa shape index (κ3) is 2.79. The van der Waals surface area contributed by atoms with Crippen LogP contribution in [-0.2, 0) is 9.84 Å². The zero-order valence-electron chi connectivity index (χ0n) is 11.0. The number of rotatable bonds is 4. The minimum absolute atomic E-state index is 0.176. The highest BCUT2D eigenvalue weighted by atomic mass is 32.2. The highest BCUT2D eigenvalue weighted by molar-refractivity contribution is 7.92. The second-order valence-corrected chi connectivity index (χ2v) is 8.50. The third-order valence-electron chi connectivity index (χ3n) is 3.03. The van der Waals surface area contributed by atoms with Crippen LogP contribution in [0.5, 0.6) is 0 Å². The molecule has 8 heteroatoms. The summed E-state index contributed by atoms with van der Waals surface area (Å²) in [5.41, 5.74) is 5.64. The summed E-state index contributed by atoms with van der Waals surface area (Å²) in [5, 5.41) is 5.80. The lowest BCUT2D eigenvalue weighted by Gasteiger charge is -2.23. The number of nitrogens with zero attached hydrogens (tertiary/aromatic N) is 2. The Hall–Kier alpha value is -1.41. The monoisotopic (exact) mass is 300 g/mol. The van der Waals surface area contributed by atoms with Gasteiger partial charge in [-0.2, -0.15) is 4.98 Å². The number of sulfone groups is 1. The van der Waals surface area contributed by atoms with E-state index in [1.165, 1.54) is 17.6 Å². The first-order valence-electron chi connectivity index (χ1n) is 5.65. The normalized spacial score (nSPS) is 12.8. The molecule has 0 aliphatic rings. The van der Waals surface area contributed by atoms with E-state index in [9.17, 15) is 8.42 Å². The van der Waals surface area contributed by atoms with Gasteiger partial charge in [-0.15, -0.1) is 11.3 Å². The Morgan fingerprint density at radius 1 is 1.42 bits per heavy atom. The fraction of sp³-hybridized carbons (Fsp3) is 0.455. The lowest BCUT2D eigenvalue weighted by atomic mass is 10.2. The number of nitrogen functional groups attached to an aromatic ring is 1. The Bertz CT molecular complexity index is 707. The van der Waals surface area contributed by atoms with Gasteiger partial charge in [0, 0.05) is 12.8 Å². The van der Waals surface area contributed by atoms with Gasteiger partial charge in [-0.25, -0.2) is 13.4 Å². The highest BCUT2D eigenvalue weighted by Gasteiger charge is 2.30. The molecule has 2 aromatic rings. The van der Waals surface area contributed by atoms with E-state index >= 15 is 0 Å². The standard InChI is InChI=1S/C11H16N4O2S2/c1-11(2,19(3,16)17)6-13-8-7-4-5-18-9(7)15-10(12)14-8/h4-5H,6H2,1-3H3,(H3,12,13,14,15). The zero-order chi connectivity index (χ0) is 14.3. The van der Waals surface area contributed by atoms with Crippen LogP contribution in [0.1, 0.15) is 13.8 Å². The van der Waals surface area contributed by atoms with Crippen LogP contribution in [0.25, 0.3) is 10.2 Å². The van der Waals surface area contributed by atoms with Crippen LogP contribution < -0.4 is 11.1 Å². The molecule has 0 saturated carbocycles. The summed E-state index contributed by atoms with van der Waals surface area (Å²) >= 11 is 1.47. The maximum Gasteiger partial charge on any atom is 0.223 e. The quantitative estimate of drug-likeness (QED) is 0.888. The van der Waals surface area contributed by atoms with Gasteiger partial charge in [-0.05, 0) is 25.3 Å². The Morgan fingerprint density at radius 3 is 2.74 bits per heavy atom. The van der Waals surface area contributed by atoms with E-state index in [2.05, 4.69) is 15.3 Å². The van der Waals surface area contributed by atoms with Crippen molar-refractivity contribution in [3.8, 4) is 0 Å². The predicted molar refractivity (Wildman–Crippen MR) is 79.2 cm³/mol. The number of anilines is 2. The van der Waals surface area contributed by atoms with Crippen molar-refractivity contribution in [3.63, 3.8) is 0 Å². The highest BCUT2D eigenvalue weighted by Crippen LogP contribution is 2.26. The van der Waals surface area contributed by atoms with E-state index in [1.807, 2.05) is 11.4 Å². The summed E-state index contributed by atoms with van der Waals surface area (Å²) in [6.45, 7) is 3.60. The minimum Gasteiger partial charge on any atom is -0.368 e. The molecule has 0 radical (unpaired) electrons. The Balaban J connectivity index is 2.30. The van der Waals surface area contributed by atoms with Gasteiger partial charge in [-0.1, -0.05) is 0 Å². The van der Waals surface area contributed by atoms with E-state index in [0.717, 1.165) is 10.2 Å². The van der Waals surface area contributed by atoms with E-state index in [0.29, 0.717) is 5.82 Å². The molecular weight excluding hydrogens is 284 g/mol. The van der Waals surface area contributed by atoms with Crippen molar-refractivity contribution < 1.29 is 8.42 Å². The number of nitrogens with one attached hydrogen (secondary N) is 1. The summed E-state index contributed by atoms with van der Waals surface area (Å²) in [7, 11) is -3.16. The molecule has 6 nitrogen and oxygen atoms in total. The SMILES string of the molecule is CC(C)(CNc1nc(N)nc2sccc12)S(C)(=O)=O. The molecule has 0 atom stereocenters. The lowest BCUT2D eigenvalue weighted by molar-refractivity contribution is 0.559. The van der Waals surface area contributed by atoms with E-state index in [4.69, 9.17) is 5.73 Å². The van der Waals surface area contributed by atoms with Crippen molar-refractivity contribution in [1.82, 2.24) is 9.97 Å². The van der Waals surface area contributed by atoms with Crippen molar-refractivity contribution >= 4 is 43.2 Å². The number of aromatic nitrogens is 2. The van der Waals surface area contributed by atoms with Gasteiger partial charge in [0.25, 0.3) is 0 Å². The van der Waals surface area contributed by atoms with Crippen molar-refractivity contribution in [1.29, 1.82) is 0 Å². The average Bonchev–Trinajstić information content (AvgIpc) is 2.72. The van der Waals surface area contributed by atoms with Gasteiger partial charge >= 0.3 is 0 Å². The van der Waals surface area contributed by atoms with Gasteiger partial charge in [0.1, 0.15) is 10.6 Å². The molecule has 2 rings (SSSR count). The molecular formula is C11H16N4O2S2. The summed E-state index contributed by atoms with van der Waals surface area (Å²) in [5.74, 6) is 0.745. The average molecular weight is 300 g/mol. The largest absolute Gasteiger partial charge is 0.368 e. The Labute approximate surface area is 116 Å². The molecule has 0 aromatic carbocycles. The number of hydrogen-bond donors (Lipinski definition) is 2. The maximum atomic E-state index is 11.7. The molecule has 0 spiro atoms. The molecule has 2 aromatic heterocycles. The molecule has 0 saturated heterocycles. The fourth-order valence-electron chi connectivity index (χ4n) is 1.43. The summed E-state index contributed by atoms with van der Waals surface area (Å²) in [4.78, 5) is 9.03. The number of thiophene rings is 1. The Morgan fingerprint density at radius 2 is 2.11 bits per heavy atom. The second kappa shape index (κ2) is 4.61. The smallest absolute Gasteiger partial charge is 0.223 e. The van der Waals surface area contributed by atoms with Crippen LogP contribution in [0.4, 0.5) is 11.8 Å². The topological polar surface area (TPSA) is 98.0 Å². The van der Waals surface area contributed by atoms with E-state index < -0.39 is 14.6 Å². The van der Waals surface area contributed by atoms with Crippen LogP contribution >= 0.6 is 11.3 Å². The molecule has 0 aliphatic heterocycles.